The molecular formula is C106H194N2Ni. The second-order valence-electron chi connectivity index (χ2n) is 34.9. The fourth-order valence-electron chi connectivity index (χ4n) is 17.1. The van der Waals surface area contributed by atoms with Gasteiger partial charge in [-0.3, -0.25) is 0 Å². The van der Waals surface area contributed by atoms with E-state index in [2.05, 4.69) is 91.8 Å². The van der Waals surface area contributed by atoms with Gasteiger partial charge < -0.3 is 19.4 Å². The minimum absolute atomic E-state index is 0. The van der Waals surface area contributed by atoms with Gasteiger partial charge in [0.25, 0.3) is 0 Å². The van der Waals surface area contributed by atoms with Crippen molar-refractivity contribution in [2.75, 3.05) is 0 Å². The second kappa shape index (κ2) is 85.4. The topological polar surface area (TPSA) is 25.3 Å². The maximum absolute atomic E-state index is 13.3. The molecule has 0 radical (unpaired) electrons. The van der Waals surface area contributed by atoms with Gasteiger partial charge in [0.15, 0.2) is 0 Å². The predicted molar refractivity (Wildman–Crippen MR) is 492 cm³/mol. The summed E-state index contributed by atoms with van der Waals surface area (Å²) in [7, 11) is 0. The van der Waals surface area contributed by atoms with Gasteiger partial charge in [-0.05, 0) is 124 Å². The summed E-state index contributed by atoms with van der Waals surface area (Å²) in [5.41, 5.74) is 27.0. The third-order valence-corrected chi connectivity index (χ3v) is 23.8. The van der Waals surface area contributed by atoms with Crippen LogP contribution >= 0.6 is 0 Å². The largest absolute Gasteiger partial charge is 2.00 e. The standard InChI is InChI=1S/C100H180N2.2C3H7.Ni/c1-7-13-19-25-28-30-32-34-36-38-40-42-44-46-48-50-52-54-56-58-60-62-64-66-68-70-75-81-93-85-91(79-73-22-16-10-4)87-95(89-93)99-97(83-77-24-18-12-6)98(84-78-72-27-21-15-9-3)100(102(99)101)96-88-92(80-74-23-17-11-5)86-94(90-96)82-76-71-69-67-65-63-61-59-57-55-53-51-49-47-45-43-41-39-37-35-33-31-29-26-20-14-8-2;2*1-3-2;/h85-90H,7-84H2,1-6H3;2*1,3H2,2H3;/q;2*-1;+2. The molecule has 1 aliphatic heterocycles. The molecule has 0 saturated heterocycles. The first kappa shape index (κ1) is 107. The minimum Gasteiger partial charge on any atom is -0.493 e. The molecule has 0 amide bonds. The van der Waals surface area contributed by atoms with Crippen LogP contribution in [0.15, 0.2) is 47.5 Å². The fraction of sp³-hybridized carbons (Fsp3) is 0.830. The van der Waals surface area contributed by atoms with Crippen molar-refractivity contribution < 1.29 is 21.2 Å². The summed E-state index contributed by atoms with van der Waals surface area (Å²) < 4.78 is 1.78. The van der Waals surface area contributed by atoms with Gasteiger partial charge in [0.1, 0.15) is 0 Å². The molecular weight excluding hydrogens is 1360 g/mol. The summed E-state index contributed by atoms with van der Waals surface area (Å²) in [4.78, 5) is 0. The van der Waals surface area contributed by atoms with E-state index in [1.807, 2.05) is 13.8 Å². The Balaban J connectivity index is 0.0000161. The summed E-state index contributed by atoms with van der Waals surface area (Å²) in [5.74, 6) is 0. The van der Waals surface area contributed by atoms with Crippen LogP contribution in [-0.4, -0.2) is 4.70 Å². The van der Waals surface area contributed by atoms with Crippen LogP contribution in [0, 0.1) is 13.8 Å². The summed E-state index contributed by atoms with van der Waals surface area (Å²) >= 11 is 0. The van der Waals surface area contributed by atoms with Gasteiger partial charge in [-0.2, -0.15) is 12.8 Å². The quantitative estimate of drug-likeness (QED) is 0.0273. The van der Waals surface area contributed by atoms with Gasteiger partial charge in [-0.25, -0.2) is 4.70 Å². The number of unbranched alkanes of at least 4 members (excludes halogenated alkanes) is 66. The van der Waals surface area contributed by atoms with Crippen LogP contribution in [0.4, 0.5) is 0 Å². The molecule has 0 saturated carbocycles. The first-order valence-corrected chi connectivity index (χ1v) is 50.1. The van der Waals surface area contributed by atoms with Crippen molar-refractivity contribution in [2.24, 2.45) is 0 Å². The van der Waals surface area contributed by atoms with Gasteiger partial charge >= 0.3 is 16.5 Å². The van der Waals surface area contributed by atoms with E-state index in [4.69, 9.17) is 0 Å². The van der Waals surface area contributed by atoms with Crippen molar-refractivity contribution >= 4 is 11.4 Å². The van der Waals surface area contributed by atoms with Crippen LogP contribution in [0.3, 0.4) is 0 Å². The van der Waals surface area contributed by atoms with Gasteiger partial charge in [-0.1, -0.05) is 491 Å². The number of nitrogens with zero attached hydrogens (tertiary/aromatic N) is 2. The average molecular weight is 1560 g/mol. The maximum Gasteiger partial charge on any atom is 2.00 e. The van der Waals surface area contributed by atoms with Crippen LogP contribution in [0.2, 0.25) is 0 Å². The fourth-order valence-corrected chi connectivity index (χ4v) is 17.1. The van der Waals surface area contributed by atoms with E-state index in [1.165, 1.54) is 507 Å². The Bertz CT molecular complexity index is 2260. The van der Waals surface area contributed by atoms with Gasteiger partial charge in [-0.15, -0.1) is 0 Å². The third kappa shape index (κ3) is 63.9. The molecule has 0 N–H and O–H groups in total. The summed E-state index contributed by atoms with van der Waals surface area (Å²) in [6, 6.07) is 15.3. The molecule has 2 aromatic carbocycles. The van der Waals surface area contributed by atoms with Crippen LogP contribution in [0.5, 0.6) is 0 Å². The maximum atomic E-state index is 13.3. The molecule has 638 valence electrons. The molecule has 109 heavy (non-hydrogen) atoms. The molecule has 1 aliphatic rings. The molecule has 2 nitrogen and oxygen atoms in total. The van der Waals surface area contributed by atoms with Crippen molar-refractivity contribution in [3.8, 4) is 0 Å². The van der Waals surface area contributed by atoms with Crippen molar-refractivity contribution in [1.82, 2.24) is 0 Å². The van der Waals surface area contributed by atoms with Crippen LogP contribution in [0.1, 0.15) is 577 Å². The molecule has 0 aromatic heterocycles. The average Bonchev–Trinajstić information content (AvgIpc) is 1.61. The molecule has 0 bridgehead atoms. The van der Waals surface area contributed by atoms with E-state index in [0.29, 0.717) is 0 Å². The van der Waals surface area contributed by atoms with Crippen LogP contribution < -0.4 is 0 Å². The number of hydrogen-bond acceptors (Lipinski definition) is 0. The zero-order valence-corrected chi connectivity index (χ0v) is 76.6. The molecule has 3 rings (SSSR count). The monoisotopic (exact) mass is 1550 g/mol. The summed E-state index contributed by atoms with van der Waals surface area (Å²) in [5, 5.41) is 0. The molecule has 0 unspecified atom stereocenters. The number of benzene rings is 2. The Morgan fingerprint density at radius 2 is 0.312 bits per heavy atom. The number of allylic oxidation sites excluding steroid dienone is 2. The van der Waals surface area contributed by atoms with Crippen molar-refractivity contribution in [1.29, 1.82) is 0 Å². The third-order valence-electron chi connectivity index (χ3n) is 23.8. The Labute approximate surface area is 697 Å². The van der Waals surface area contributed by atoms with E-state index in [-0.39, 0.29) is 16.5 Å². The normalized spacial score (nSPS) is 12.2. The second-order valence-corrected chi connectivity index (χ2v) is 34.9. The van der Waals surface area contributed by atoms with E-state index in [1.54, 1.807) is 4.70 Å². The molecule has 0 spiro atoms. The van der Waals surface area contributed by atoms with E-state index >= 15 is 0 Å². The summed E-state index contributed by atoms with van der Waals surface area (Å²) in [6.45, 7) is 25.0. The molecule has 0 fully saturated rings. The van der Waals surface area contributed by atoms with E-state index < -0.39 is 0 Å². The Hall–Kier alpha value is -1.99. The van der Waals surface area contributed by atoms with Gasteiger partial charge in [0, 0.05) is 22.3 Å². The van der Waals surface area contributed by atoms with Gasteiger partial charge in [0.2, 0.25) is 11.4 Å². The molecule has 0 atom stereocenters. The number of hydrogen-bond donors (Lipinski definition) is 0. The SMILES string of the molecule is CCCCCCCCCCCCCCCCCCCCCCCCCCCCCc1cc(CCCCCC)cc(C2=C(CCCCCC)C(CCCCCCCC)=C(c3cc(CCCCCC)cc(CCCCCCCCCCCCCCCCCCCCCCCCCCCCC)c3)[N+]2=[N-])c1.[CH2-]CC.[CH2-]CC.[Ni+2]. The van der Waals surface area contributed by atoms with E-state index in [0.717, 1.165) is 62.8 Å². The van der Waals surface area contributed by atoms with Crippen LogP contribution in [-0.2, 0) is 42.2 Å². The molecule has 3 heteroatoms. The zero-order valence-electron chi connectivity index (χ0n) is 75.7. The van der Waals surface area contributed by atoms with Crippen LogP contribution in [0.25, 0.3) is 16.9 Å². The van der Waals surface area contributed by atoms with Gasteiger partial charge in [0.05, 0.1) is 0 Å². The molecule has 0 aliphatic carbocycles. The Morgan fingerprint density at radius 3 is 0.459 bits per heavy atom. The predicted octanol–water partition coefficient (Wildman–Crippen LogP) is 38.5. The smallest absolute Gasteiger partial charge is 0.493 e. The zero-order chi connectivity index (χ0) is 78.2. The molecule has 1 heterocycles. The minimum atomic E-state index is 0. The number of rotatable bonds is 80. The molecule has 2 aromatic rings. The first-order chi connectivity index (χ1) is 53.3. The Morgan fingerprint density at radius 1 is 0.193 bits per heavy atom. The Kier molecular flexibility index (Phi) is 83.8. The van der Waals surface area contributed by atoms with E-state index in [9.17, 15) is 5.53 Å². The summed E-state index contributed by atoms with van der Waals surface area (Å²) in [6.07, 6.45) is 110. The van der Waals surface area contributed by atoms with Crippen molar-refractivity contribution in [3.05, 3.63) is 100 Å². The van der Waals surface area contributed by atoms with Crippen molar-refractivity contribution in [3.63, 3.8) is 0 Å². The van der Waals surface area contributed by atoms with Crippen molar-refractivity contribution in [2.45, 2.75) is 569 Å². The first-order valence-electron chi connectivity index (χ1n) is 50.1. The number of aryl methyl sites for hydroxylation is 4.